The van der Waals surface area contributed by atoms with Gasteiger partial charge in [0.25, 0.3) is 15.9 Å². The average Bonchev–Trinajstić information content (AvgIpc) is 3.34. The van der Waals surface area contributed by atoms with Crippen LogP contribution in [-0.2, 0) is 14.8 Å². The van der Waals surface area contributed by atoms with E-state index in [-0.39, 0.29) is 22.3 Å². The number of sulfonamides is 1. The monoisotopic (exact) mass is 607 g/mol. The summed E-state index contributed by atoms with van der Waals surface area (Å²) in [6, 6.07) is 26.1. The Hall–Kier alpha value is -4.93. The summed E-state index contributed by atoms with van der Waals surface area (Å²) < 4.78 is 28.2. The second kappa shape index (κ2) is 12.0. The molecule has 0 unspecified atom stereocenters. The van der Waals surface area contributed by atoms with E-state index in [9.17, 15) is 18.0 Å². The van der Waals surface area contributed by atoms with Gasteiger partial charge in [0, 0.05) is 71.8 Å². The van der Waals surface area contributed by atoms with Crippen molar-refractivity contribution in [1.29, 1.82) is 0 Å². The number of likely N-dealkylation sites (N-methyl/N-ethyl adjacent to an activating group) is 1. The van der Waals surface area contributed by atoms with E-state index in [4.69, 9.17) is 0 Å². The summed E-state index contributed by atoms with van der Waals surface area (Å²) in [4.78, 5) is 31.0. The fraction of sp³-hybridized carbons (Fsp3) is 0.176. The van der Waals surface area contributed by atoms with Crippen molar-refractivity contribution in [2.75, 3.05) is 53.5 Å². The summed E-state index contributed by atoms with van der Waals surface area (Å²) in [6.07, 6.45) is 1.68. The number of ketones is 1. The standard InChI is InChI=1S/C34H33N5O4S/c1-23-6-13-29(14-7-23)44(42,43)37-27-5-3-4-24(20-27)33(40)25-8-15-30-31(34(41)36-32(30)21-25)22-35-26-9-11-28(12-10-26)39-18-16-38(2)17-19-39/h3-15,20-22,35,37H,16-19H2,1-2H3,(H,36,41)/b31-22+. The van der Waals surface area contributed by atoms with E-state index in [0.717, 1.165) is 37.4 Å². The number of hydrogen-bond acceptors (Lipinski definition) is 7. The van der Waals surface area contributed by atoms with Gasteiger partial charge >= 0.3 is 0 Å². The number of carbonyl (C=O) groups excluding carboxylic acids is 2. The normalized spacial score (nSPS) is 16.0. The molecule has 10 heteroatoms. The van der Waals surface area contributed by atoms with Crippen LogP contribution in [0.1, 0.15) is 27.0 Å². The molecule has 4 aromatic carbocycles. The third-order valence-electron chi connectivity index (χ3n) is 7.89. The van der Waals surface area contributed by atoms with Crippen molar-refractivity contribution in [1.82, 2.24) is 4.90 Å². The van der Waals surface area contributed by atoms with Crippen LogP contribution < -0.4 is 20.3 Å². The lowest BCUT2D eigenvalue weighted by Crippen LogP contribution is -2.44. The van der Waals surface area contributed by atoms with Gasteiger partial charge in [-0.05, 0) is 68.6 Å². The minimum atomic E-state index is -3.82. The Balaban J connectivity index is 1.15. The fourth-order valence-electron chi connectivity index (χ4n) is 5.29. The molecule has 3 N–H and O–H groups in total. The molecule has 0 saturated carbocycles. The van der Waals surface area contributed by atoms with Gasteiger partial charge in [-0.1, -0.05) is 42.0 Å². The Morgan fingerprint density at radius 1 is 0.841 bits per heavy atom. The molecular formula is C34H33N5O4S. The molecule has 0 spiro atoms. The van der Waals surface area contributed by atoms with E-state index in [1.807, 2.05) is 19.1 Å². The highest BCUT2D eigenvalue weighted by molar-refractivity contribution is 7.92. The molecule has 0 aliphatic carbocycles. The summed E-state index contributed by atoms with van der Waals surface area (Å²) >= 11 is 0. The zero-order valence-corrected chi connectivity index (χ0v) is 25.3. The first-order valence-electron chi connectivity index (χ1n) is 14.4. The molecule has 224 valence electrons. The number of fused-ring (bicyclic) bond motifs is 1. The van der Waals surface area contributed by atoms with Gasteiger partial charge in [0.2, 0.25) is 0 Å². The van der Waals surface area contributed by atoms with Crippen molar-refractivity contribution < 1.29 is 18.0 Å². The summed E-state index contributed by atoms with van der Waals surface area (Å²) in [7, 11) is -1.68. The van der Waals surface area contributed by atoms with Crippen LogP contribution in [-0.4, -0.2) is 58.2 Å². The Morgan fingerprint density at radius 3 is 2.27 bits per heavy atom. The molecule has 0 radical (unpaired) electrons. The Kier molecular flexibility index (Phi) is 7.94. The van der Waals surface area contributed by atoms with Crippen LogP contribution in [0.15, 0.2) is 102 Å². The lowest BCUT2D eigenvalue weighted by Gasteiger charge is -2.34. The number of benzene rings is 4. The van der Waals surface area contributed by atoms with Crippen molar-refractivity contribution in [2.24, 2.45) is 0 Å². The van der Waals surface area contributed by atoms with Crippen LogP contribution in [0, 0.1) is 6.92 Å². The maximum atomic E-state index is 13.4. The van der Waals surface area contributed by atoms with E-state index in [1.165, 1.54) is 23.9 Å². The summed E-state index contributed by atoms with van der Waals surface area (Å²) in [5.41, 5.74) is 5.64. The van der Waals surface area contributed by atoms with Crippen molar-refractivity contribution in [3.05, 3.63) is 119 Å². The molecule has 2 aliphatic rings. The van der Waals surface area contributed by atoms with Crippen molar-refractivity contribution in [3.63, 3.8) is 0 Å². The van der Waals surface area contributed by atoms with Crippen LogP contribution >= 0.6 is 0 Å². The molecule has 6 rings (SSSR count). The first-order chi connectivity index (χ1) is 21.2. The number of carbonyl (C=O) groups is 2. The number of hydrogen-bond donors (Lipinski definition) is 3. The average molecular weight is 608 g/mol. The van der Waals surface area contributed by atoms with E-state index < -0.39 is 10.0 Å². The number of aryl methyl sites for hydroxylation is 1. The number of amides is 1. The number of nitrogens with one attached hydrogen (secondary N) is 3. The zero-order valence-electron chi connectivity index (χ0n) is 24.5. The fourth-order valence-corrected chi connectivity index (χ4v) is 6.34. The smallest absolute Gasteiger partial charge is 0.261 e. The van der Waals surface area contributed by atoms with Crippen LogP contribution in [0.5, 0.6) is 0 Å². The van der Waals surface area contributed by atoms with Gasteiger partial charge in [-0.2, -0.15) is 0 Å². The van der Waals surface area contributed by atoms with Crippen molar-refractivity contribution in [2.45, 2.75) is 11.8 Å². The van der Waals surface area contributed by atoms with Gasteiger partial charge in [0.05, 0.1) is 10.5 Å². The Bertz CT molecular complexity index is 1860. The molecule has 0 bridgehead atoms. The van der Waals surface area contributed by atoms with Crippen molar-refractivity contribution >= 4 is 50.0 Å². The van der Waals surface area contributed by atoms with Crippen LogP contribution in [0.2, 0.25) is 0 Å². The summed E-state index contributed by atoms with van der Waals surface area (Å²) in [5.74, 6) is -0.562. The Morgan fingerprint density at radius 2 is 1.55 bits per heavy atom. The SMILES string of the molecule is Cc1ccc(S(=O)(=O)Nc2cccc(C(=O)c3ccc4c(c3)NC(=O)/C4=C/Nc3ccc(N4CCN(C)CC4)cc3)c2)cc1. The number of rotatable bonds is 8. The second-order valence-electron chi connectivity index (χ2n) is 11.1. The predicted molar refractivity (Wildman–Crippen MR) is 175 cm³/mol. The third kappa shape index (κ3) is 6.22. The number of piperazine rings is 1. The van der Waals surface area contributed by atoms with E-state index in [1.54, 1.807) is 54.7 Å². The van der Waals surface area contributed by atoms with Crippen LogP contribution in [0.3, 0.4) is 0 Å². The molecule has 2 heterocycles. The maximum Gasteiger partial charge on any atom is 0.261 e. The van der Waals surface area contributed by atoms with Gasteiger partial charge in [0.1, 0.15) is 0 Å². The first-order valence-corrected chi connectivity index (χ1v) is 15.8. The topological polar surface area (TPSA) is 111 Å². The molecule has 44 heavy (non-hydrogen) atoms. The Labute approximate surface area is 257 Å². The molecule has 2 aliphatic heterocycles. The molecular weight excluding hydrogens is 574 g/mol. The first kappa shape index (κ1) is 29.2. The highest BCUT2D eigenvalue weighted by atomic mass is 32.2. The van der Waals surface area contributed by atoms with Crippen LogP contribution in [0.25, 0.3) is 5.57 Å². The van der Waals surface area contributed by atoms with Gasteiger partial charge in [-0.15, -0.1) is 0 Å². The zero-order chi connectivity index (χ0) is 30.8. The lowest BCUT2D eigenvalue weighted by molar-refractivity contribution is -0.110. The number of nitrogens with zero attached hydrogens (tertiary/aromatic N) is 2. The molecule has 1 amide bonds. The second-order valence-corrected chi connectivity index (χ2v) is 12.8. The van der Waals surface area contributed by atoms with Crippen LogP contribution in [0.4, 0.5) is 22.7 Å². The lowest BCUT2D eigenvalue weighted by atomic mass is 9.99. The highest BCUT2D eigenvalue weighted by Crippen LogP contribution is 2.33. The number of anilines is 4. The van der Waals surface area contributed by atoms with Gasteiger partial charge < -0.3 is 20.4 Å². The largest absolute Gasteiger partial charge is 0.369 e. The molecule has 1 saturated heterocycles. The quantitative estimate of drug-likeness (QED) is 0.187. The predicted octanol–water partition coefficient (Wildman–Crippen LogP) is 5.18. The van der Waals surface area contributed by atoms with Gasteiger partial charge in [-0.3, -0.25) is 14.3 Å². The summed E-state index contributed by atoms with van der Waals surface area (Å²) in [5, 5.41) is 6.07. The minimum absolute atomic E-state index is 0.134. The molecule has 0 aromatic heterocycles. The third-order valence-corrected chi connectivity index (χ3v) is 9.29. The maximum absolute atomic E-state index is 13.4. The highest BCUT2D eigenvalue weighted by Gasteiger charge is 2.26. The van der Waals surface area contributed by atoms with Crippen molar-refractivity contribution in [3.8, 4) is 0 Å². The van der Waals surface area contributed by atoms with E-state index in [2.05, 4.69) is 44.3 Å². The molecule has 4 aromatic rings. The van der Waals surface area contributed by atoms with E-state index in [0.29, 0.717) is 28.0 Å². The minimum Gasteiger partial charge on any atom is -0.369 e. The van der Waals surface area contributed by atoms with Gasteiger partial charge in [0.15, 0.2) is 5.78 Å². The van der Waals surface area contributed by atoms with Gasteiger partial charge in [-0.25, -0.2) is 8.42 Å². The molecule has 1 fully saturated rings. The van der Waals surface area contributed by atoms with E-state index >= 15 is 0 Å². The summed E-state index contributed by atoms with van der Waals surface area (Å²) in [6.45, 7) is 5.94. The molecule has 9 nitrogen and oxygen atoms in total. The molecule has 0 atom stereocenters.